The Balaban J connectivity index is 7.01. The molecule has 0 fully saturated rings. The standard InChI is InChI=1S/C52H99N19O12/c1-9-29(6)40(71-46(78)34(17-11-13-23-54)66-43(75)33(16-10-12-22-53)65-42(74)32(55)20-21-38(56)72)49(81)68-36(19-15-25-62-52(59)60)45(77)70-39(28(4)5)48(80)67-35(18-14-24-61-51(57)58)44(76)69-37(26-27(2)3)47(79)63-30(7)41(73)64-31(8)50(82)83/h27-37,39-40H,9-26,53-55H2,1-8H3,(H2,56,72)(H,63,79)(H,64,73)(H,65,74)(H,66,75)(H,67,80)(H,68,81)(H,69,76)(H,70,77)(H,71,78)(H,82,83)(H4,57,58,61)(H4,59,60,62)/t29-,30-,31-,32-,33-,34-,35-,36-,37-,39-,40-/m0/s1. The van der Waals surface area contributed by atoms with Crippen molar-refractivity contribution in [2.24, 2.45) is 73.6 Å². The number of nitrogens with two attached hydrogens (primary N) is 8. The van der Waals surface area contributed by atoms with E-state index in [0.29, 0.717) is 38.6 Å². The second kappa shape index (κ2) is 40.7. The molecule has 83 heavy (non-hydrogen) atoms. The fourth-order valence-corrected chi connectivity index (χ4v) is 8.07. The summed E-state index contributed by atoms with van der Waals surface area (Å²) in [5, 5.41) is 32.8. The van der Waals surface area contributed by atoms with Gasteiger partial charge in [-0.3, -0.25) is 62.7 Å². The Morgan fingerprint density at radius 1 is 0.434 bits per heavy atom. The minimum absolute atomic E-state index is 0.0290. The zero-order chi connectivity index (χ0) is 63.5. The number of nitrogens with zero attached hydrogens (tertiary/aromatic N) is 2. The summed E-state index contributed by atoms with van der Waals surface area (Å²) < 4.78 is 0. The van der Waals surface area contributed by atoms with E-state index < -0.39 is 137 Å². The van der Waals surface area contributed by atoms with Crippen molar-refractivity contribution < 1.29 is 57.8 Å². The van der Waals surface area contributed by atoms with Gasteiger partial charge in [-0.05, 0) is 122 Å². The maximum absolute atomic E-state index is 14.5. The number of primary amides is 1. The van der Waals surface area contributed by atoms with Crippen LogP contribution < -0.4 is 93.7 Å². The molecule has 0 saturated heterocycles. The van der Waals surface area contributed by atoms with Gasteiger partial charge in [0, 0.05) is 19.5 Å². The number of carboxylic acids is 1. The van der Waals surface area contributed by atoms with Crippen LogP contribution >= 0.6 is 0 Å². The molecule has 0 saturated carbocycles. The van der Waals surface area contributed by atoms with E-state index in [9.17, 15) is 57.8 Å². The van der Waals surface area contributed by atoms with Crippen molar-refractivity contribution in [3.8, 4) is 0 Å². The Morgan fingerprint density at radius 3 is 1.20 bits per heavy atom. The van der Waals surface area contributed by atoms with Gasteiger partial charge in [-0.25, -0.2) is 0 Å². The average Bonchev–Trinajstić information content (AvgIpc) is 3.43. The number of carbonyl (C=O) groups excluding carboxylic acids is 10. The van der Waals surface area contributed by atoms with Gasteiger partial charge in [0.15, 0.2) is 11.9 Å². The third kappa shape index (κ3) is 31.6. The Morgan fingerprint density at radius 2 is 0.807 bits per heavy atom. The summed E-state index contributed by atoms with van der Waals surface area (Å²) in [5.41, 5.74) is 44.8. The van der Waals surface area contributed by atoms with Crippen LogP contribution in [0.4, 0.5) is 0 Å². The van der Waals surface area contributed by atoms with Gasteiger partial charge in [0.1, 0.15) is 54.4 Å². The number of carboxylic acid groups (broad SMARTS) is 1. The summed E-state index contributed by atoms with van der Waals surface area (Å²) in [4.78, 5) is 156. The van der Waals surface area contributed by atoms with Crippen LogP contribution in [-0.4, -0.2) is 169 Å². The summed E-state index contributed by atoms with van der Waals surface area (Å²) >= 11 is 0. The molecule has 0 spiro atoms. The molecule has 0 aliphatic heterocycles. The van der Waals surface area contributed by atoms with Gasteiger partial charge in [0.05, 0.1) is 6.04 Å². The molecule has 0 radical (unpaired) electrons. The van der Waals surface area contributed by atoms with E-state index in [0.717, 1.165) is 0 Å². The molecule has 0 aromatic rings. The quantitative estimate of drug-likeness (QED) is 0.0155. The van der Waals surface area contributed by atoms with E-state index in [2.05, 4.69) is 57.8 Å². The number of rotatable bonds is 43. The highest BCUT2D eigenvalue weighted by molar-refractivity contribution is 5.98. The number of aliphatic carboxylic acids is 1. The van der Waals surface area contributed by atoms with Crippen molar-refractivity contribution in [2.75, 3.05) is 26.2 Å². The van der Waals surface area contributed by atoms with Gasteiger partial charge >= 0.3 is 5.97 Å². The summed E-state index contributed by atoms with van der Waals surface area (Å²) in [6, 6.07) is -12.7. The Kier molecular flexibility index (Phi) is 37.1. The number of nitrogens with one attached hydrogen (secondary N) is 9. The molecular weight excluding hydrogens is 1080 g/mol. The maximum atomic E-state index is 14.5. The third-order valence-corrected chi connectivity index (χ3v) is 13.2. The van der Waals surface area contributed by atoms with Crippen LogP contribution in [0, 0.1) is 17.8 Å². The molecule has 0 aliphatic rings. The first kappa shape index (κ1) is 75.6. The highest BCUT2D eigenvalue weighted by Crippen LogP contribution is 2.14. The first-order valence-corrected chi connectivity index (χ1v) is 28.4. The second-order valence-corrected chi connectivity index (χ2v) is 21.4. The van der Waals surface area contributed by atoms with Crippen molar-refractivity contribution in [3.05, 3.63) is 0 Å². The molecular formula is C52H99N19O12. The highest BCUT2D eigenvalue weighted by atomic mass is 16.4. The molecule has 0 bridgehead atoms. The minimum atomic E-state index is -1.38. The normalized spacial score (nSPS) is 15.1. The van der Waals surface area contributed by atoms with E-state index in [4.69, 9.17) is 45.9 Å². The Hall–Kier alpha value is -7.41. The van der Waals surface area contributed by atoms with E-state index in [-0.39, 0.29) is 95.3 Å². The van der Waals surface area contributed by atoms with Crippen LogP contribution in [0.1, 0.15) is 145 Å². The lowest BCUT2D eigenvalue weighted by Gasteiger charge is -2.30. The van der Waals surface area contributed by atoms with E-state index in [1.807, 2.05) is 0 Å². The Labute approximate surface area is 486 Å². The molecule has 0 heterocycles. The fourth-order valence-electron chi connectivity index (χ4n) is 8.07. The molecule has 0 rings (SSSR count). The summed E-state index contributed by atoms with van der Waals surface area (Å²) in [6.45, 7) is 13.5. The van der Waals surface area contributed by atoms with Crippen molar-refractivity contribution in [1.29, 1.82) is 0 Å². The molecule has 26 N–H and O–H groups in total. The van der Waals surface area contributed by atoms with Crippen molar-refractivity contribution in [2.45, 2.75) is 206 Å². The second-order valence-electron chi connectivity index (χ2n) is 21.4. The first-order chi connectivity index (χ1) is 38.9. The summed E-state index contributed by atoms with van der Waals surface area (Å²) in [7, 11) is 0. The highest BCUT2D eigenvalue weighted by Gasteiger charge is 2.37. The number of hydrogen-bond acceptors (Lipinski definition) is 16. The molecule has 11 atom stereocenters. The van der Waals surface area contributed by atoms with Crippen LogP contribution in [0.25, 0.3) is 0 Å². The van der Waals surface area contributed by atoms with Gasteiger partial charge in [-0.1, -0.05) is 48.0 Å². The van der Waals surface area contributed by atoms with Crippen molar-refractivity contribution in [1.82, 2.24) is 47.9 Å². The zero-order valence-corrected chi connectivity index (χ0v) is 49.7. The summed E-state index contributed by atoms with van der Waals surface area (Å²) in [6.07, 6.45) is 2.27. The van der Waals surface area contributed by atoms with Crippen LogP contribution in [0.5, 0.6) is 0 Å². The number of carbonyl (C=O) groups is 11. The molecule has 0 aromatic heterocycles. The molecule has 31 nitrogen and oxygen atoms in total. The maximum Gasteiger partial charge on any atom is 0.325 e. The predicted molar refractivity (Wildman–Crippen MR) is 312 cm³/mol. The predicted octanol–water partition coefficient (Wildman–Crippen LogP) is -4.82. The minimum Gasteiger partial charge on any atom is -0.480 e. The van der Waals surface area contributed by atoms with E-state index in [1.54, 1.807) is 41.5 Å². The van der Waals surface area contributed by atoms with Gasteiger partial charge < -0.3 is 98.8 Å². The van der Waals surface area contributed by atoms with Crippen LogP contribution in [0.2, 0.25) is 0 Å². The largest absolute Gasteiger partial charge is 0.480 e. The number of unbranched alkanes of at least 4 members (excludes halogenated alkanes) is 2. The monoisotopic (exact) mass is 1180 g/mol. The zero-order valence-electron chi connectivity index (χ0n) is 49.7. The SMILES string of the molecule is CC[C@H](C)[C@H](NC(=O)[C@H](CCCCN)NC(=O)[C@H](CCCCN)NC(=O)[C@@H](N)CCC(N)=O)C(=O)N[C@@H](CCCN=C(N)N)C(=O)N[C@H](C(=O)N[C@@H](CCCN=C(N)N)C(=O)N[C@@H](CC(C)C)C(=O)N[C@@H](C)C(=O)N[C@@H](C)C(=O)O)C(C)C. The smallest absolute Gasteiger partial charge is 0.325 e. The lowest BCUT2D eigenvalue weighted by Crippen LogP contribution is -2.61. The average molecular weight is 1180 g/mol. The molecule has 0 aliphatic carbocycles. The molecule has 31 heteroatoms. The van der Waals surface area contributed by atoms with Gasteiger partial charge in [-0.15, -0.1) is 0 Å². The third-order valence-electron chi connectivity index (χ3n) is 13.2. The first-order valence-electron chi connectivity index (χ1n) is 28.4. The van der Waals surface area contributed by atoms with Crippen LogP contribution in [0.15, 0.2) is 9.98 Å². The van der Waals surface area contributed by atoms with E-state index >= 15 is 0 Å². The van der Waals surface area contributed by atoms with Gasteiger partial charge in [0.2, 0.25) is 59.1 Å². The number of aliphatic imine (C=N–C) groups is 2. The van der Waals surface area contributed by atoms with Crippen LogP contribution in [0.3, 0.4) is 0 Å². The van der Waals surface area contributed by atoms with Crippen molar-refractivity contribution >= 4 is 77.0 Å². The summed E-state index contributed by atoms with van der Waals surface area (Å²) in [5.74, 6) is -10.9. The molecule has 10 amide bonds. The van der Waals surface area contributed by atoms with Crippen molar-refractivity contribution in [3.63, 3.8) is 0 Å². The van der Waals surface area contributed by atoms with Crippen LogP contribution in [-0.2, 0) is 52.7 Å². The topological polar surface area (TPSA) is 549 Å². The fraction of sp³-hybridized carbons (Fsp3) is 0.750. The number of guanidine groups is 2. The lowest BCUT2D eigenvalue weighted by molar-refractivity contribution is -0.141. The molecule has 0 unspecified atom stereocenters. The number of hydrogen-bond donors (Lipinski definition) is 18. The number of amides is 10. The van der Waals surface area contributed by atoms with Gasteiger partial charge in [-0.2, -0.15) is 0 Å². The van der Waals surface area contributed by atoms with Gasteiger partial charge in [0.25, 0.3) is 0 Å². The lowest BCUT2D eigenvalue weighted by atomic mass is 9.96. The molecule has 474 valence electrons. The van der Waals surface area contributed by atoms with E-state index in [1.165, 1.54) is 13.8 Å². The molecule has 0 aromatic carbocycles. The Bertz CT molecular complexity index is 2170.